The number of benzene rings is 1. The van der Waals surface area contributed by atoms with Crippen LogP contribution in [0.4, 0.5) is 5.00 Å². The van der Waals surface area contributed by atoms with Crippen LogP contribution < -0.4 is 10.1 Å². The molecule has 2 aromatic rings. The first kappa shape index (κ1) is 19.7. The number of thiophene rings is 1. The highest BCUT2D eigenvalue weighted by Crippen LogP contribution is 2.39. The zero-order chi connectivity index (χ0) is 19.4. The second kappa shape index (κ2) is 8.76. The number of nitrogens with one attached hydrogen (secondary N) is 1. The van der Waals surface area contributed by atoms with Crippen LogP contribution >= 0.6 is 22.9 Å². The zero-order valence-electron chi connectivity index (χ0n) is 15.4. The van der Waals surface area contributed by atoms with Gasteiger partial charge in [0.15, 0.2) is 6.61 Å². The molecule has 0 aliphatic heterocycles. The molecule has 0 saturated heterocycles. The third kappa shape index (κ3) is 4.45. The summed E-state index contributed by atoms with van der Waals surface area (Å²) in [6, 6.07) is 5.33. The van der Waals surface area contributed by atoms with E-state index < -0.39 is 0 Å². The smallest absolute Gasteiger partial charge is 0.341 e. The van der Waals surface area contributed by atoms with Gasteiger partial charge in [0.1, 0.15) is 10.8 Å². The number of hydrogen-bond acceptors (Lipinski definition) is 5. The molecule has 0 atom stereocenters. The second-order valence-corrected chi connectivity index (χ2v) is 7.74. The van der Waals surface area contributed by atoms with E-state index in [0.717, 1.165) is 41.7 Å². The quantitative estimate of drug-likeness (QED) is 0.678. The number of aryl methyl sites for hydroxylation is 2. The molecule has 27 heavy (non-hydrogen) atoms. The Labute approximate surface area is 167 Å². The summed E-state index contributed by atoms with van der Waals surface area (Å²) in [7, 11) is 0. The van der Waals surface area contributed by atoms with Gasteiger partial charge in [0.2, 0.25) is 0 Å². The summed E-state index contributed by atoms with van der Waals surface area (Å²) in [5.74, 6) is -0.0995. The molecule has 0 spiro atoms. The molecule has 1 N–H and O–H groups in total. The van der Waals surface area contributed by atoms with E-state index in [2.05, 4.69) is 5.32 Å². The Kier molecular flexibility index (Phi) is 6.39. The van der Waals surface area contributed by atoms with Gasteiger partial charge in [0.25, 0.3) is 5.91 Å². The largest absolute Gasteiger partial charge is 0.484 e. The van der Waals surface area contributed by atoms with Crippen molar-refractivity contribution in [1.82, 2.24) is 0 Å². The average Bonchev–Trinajstić information content (AvgIpc) is 3.21. The fraction of sp³-hybridized carbons (Fsp3) is 0.400. The highest BCUT2D eigenvalue weighted by molar-refractivity contribution is 7.17. The topological polar surface area (TPSA) is 64.6 Å². The lowest BCUT2D eigenvalue weighted by molar-refractivity contribution is -0.118. The number of fused-ring (bicyclic) bond motifs is 1. The van der Waals surface area contributed by atoms with Gasteiger partial charge in [-0.15, -0.1) is 11.3 Å². The van der Waals surface area contributed by atoms with Gasteiger partial charge in [-0.1, -0.05) is 18.5 Å². The predicted octanol–water partition coefficient (Wildman–Crippen LogP) is 4.65. The number of carbonyl (C=O) groups excluding carboxylic acids is 2. The average molecular weight is 408 g/mol. The first-order chi connectivity index (χ1) is 13.0. The number of halogens is 1. The van der Waals surface area contributed by atoms with E-state index in [1.807, 2.05) is 13.0 Å². The summed E-state index contributed by atoms with van der Waals surface area (Å²) in [5, 5.41) is 4.05. The van der Waals surface area contributed by atoms with Gasteiger partial charge in [-0.3, -0.25) is 4.79 Å². The Morgan fingerprint density at radius 2 is 2.07 bits per heavy atom. The molecule has 1 aromatic carbocycles. The Balaban J connectivity index is 1.68. The standard InChI is InChI=1S/C20H22ClNO4S/c1-3-12-10-13(8-9-15(12)21)26-11-17(23)22-19-18(20(24)25-4-2)14-6-5-7-16(14)27-19/h8-10H,3-7,11H2,1-2H3,(H,22,23). The SMILES string of the molecule is CCOC(=O)c1c(NC(=O)COc2ccc(Cl)c(CC)c2)sc2c1CCC2. The van der Waals surface area contributed by atoms with Crippen molar-refractivity contribution in [2.45, 2.75) is 39.5 Å². The third-order valence-corrected chi connectivity index (χ3v) is 6.00. The lowest BCUT2D eigenvalue weighted by Gasteiger charge is -2.10. The summed E-state index contributed by atoms with van der Waals surface area (Å²) >= 11 is 7.55. The van der Waals surface area contributed by atoms with Crippen LogP contribution in [0, 0.1) is 0 Å². The lowest BCUT2D eigenvalue weighted by Crippen LogP contribution is -2.21. The van der Waals surface area contributed by atoms with Crippen LogP contribution in [0.3, 0.4) is 0 Å². The molecule has 5 nitrogen and oxygen atoms in total. The van der Waals surface area contributed by atoms with Gasteiger partial charge in [0, 0.05) is 9.90 Å². The maximum absolute atomic E-state index is 12.4. The van der Waals surface area contributed by atoms with E-state index in [1.54, 1.807) is 19.1 Å². The van der Waals surface area contributed by atoms with Crippen molar-refractivity contribution in [1.29, 1.82) is 0 Å². The highest BCUT2D eigenvalue weighted by Gasteiger charge is 2.28. The van der Waals surface area contributed by atoms with E-state index in [0.29, 0.717) is 27.9 Å². The Hall–Kier alpha value is -2.05. The third-order valence-electron chi connectivity index (χ3n) is 4.42. The van der Waals surface area contributed by atoms with Crippen molar-refractivity contribution in [3.63, 3.8) is 0 Å². The van der Waals surface area contributed by atoms with E-state index in [1.165, 1.54) is 11.3 Å². The Morgan fingerprint density at radius 3 is 2.81 bits per heavy atom. The number of rotatable bonds is 7. The molecule has 0 bridgehead atoms. The summed E-state index contributed by atoms with van der Waals surface area (Å²) in [6.07, 6.45) is 3.59. The molecular weight excluding hydrogens is 386 g/mol. The van der Waals surface area contributed by atoms with Crippen molar-refractivity contribution in [2.24, 2.45) is 0 Å². The molecule has 0 radical (unpaired) electrons. The number of anilines is 1. The van der Waals surface area contributed by atoms with Crippen molar-refractivity contribution in [3.05, 3.63) is 44.8 Å². The van der Waals surface area contributed by atoms with Crippen LogP contribution in [0.1, 0.15) is 46.6 Å². The molecule has 3 rings (SSSR count). The molecule has 144 valence electrons. The summed E-state index contributed by atoms with van der Waals surface area (Å²) in [4.78, 5) is 25.9. The summed E-state index contributed by atoms with van der Waals surface area (Å²) < 4.78 is 10.8. The minimum Gasteiger partial charge on any atom is -0.484 e. The van der Waals surface area contributed by atoms with Crippen molar-refractivity contribution in [2.75, 3.05) is 18.5 Å². The van der Waals surface area contributed by atoms with Crippen LogP contribution in [0.5, 0.6) is 5.75 Å². The summed E-state index contributed by atoms with van der Waals surface area (Å²) in [5.41, 5.74) is 2.48. The predicted molar refractivity (Wildman–Crippen MR) is 107 cm³/mol. The van der Waals surface area contributed by atoms with E-state index in [-0.39, 0.29) is 18.5 Å². The molecule has 1 amide bonds. The van der Waals surface area contributed by atoms with Gasteiger partial charge >= 0.3 is 5.97 Å². The van der Waals surface area contributed by atoms with Gasteiger partial charge < -0.3 is 14.8 Å². The normalized spacial score (nSPS) is 12.6. The maximum atomic E-state index is 12.4. The number of esters is 1. The van der Waals surface area contributed by atoms with Crippen LogP contribution in [0.15, 0.2) is 18.2 Å². The van der Waals surface area contributed by atoms with E-state index in [4.69, 9.17) is 21.1 Å². The number of hydrogen-bond donors (Lipinski definition) is 1. The highest BCUT2D eigenvalue weighted by atomic mass is 35.5. The minimum atomic E-state index is -0.376. The Bertz CT molecular complexity index is 862. The van der Waals surface area contributed by atoms with E-state index >= 15 is 0 Å². The van der Waals surface area contributed by atoms with Gasteiger partial charge in [0.05, 0.1) is 12.2 Å². The Morgan fingerprint density at radius 1 is 1.26 bits per heavy atom. The van der Waals surface area contributed by atoms with Crippen molar-refractivity contribution >= 4 is 39.8 Å². The summed E-state index contributed by atoms with van der Waals surface area (Å²) in [6.45, 7) is 3.93. The van der Waals surface area contributed by atoms with Gasteiger partial charge in [-0.2, -0.15) is 0 Å². The molecule has 7 heteroatoms. The number of amides is 1. The lowest BCUT2D eigenvalue weighted by atomic mass is 10.1. The number of carbonyl (C=O) groups is 2. The van der Waals surface area contributed by atoms with Crippen LogP contribution in [-0.4, -0.2) is 25.1 Å². The fourth-order valence-electron chi connectivity index (χ4n) is 3.13. The monoisotopic (exact) mass is 407 g/mol. The van der Waals surface area contributed by atoms with Crippen LogP contribution in [0.2, 0.25) is 5.02 Å². The molecule has 0 fully saturated rings. The first-order valence-corrected chi connectivity index (χ1v) is 10.3. The van der Waals surface area contributed by atoms with Gasteiger partial charge in [-0.05, 0) is 61.9 Å². The second-order valence-electron chi connectivity index (χ2n) is 6.23. The zero-order valence-corrected chi connectivity index (χ0v) is 17.0. The van der Waals surface area contributed by atoms with Crippen molar-refractivity contribution < 1.29 is 19.1 Å². The van der Waals surface area contributed by atoms with Crippen LogP contribution in [-0.2, 0) is 28.8 Å². The molecule has 1 aromatic heterocycles. The first-order valence-electron chi connectivity index (χ1n) is 9.06. The molecular formula is C20H22ClNO4S. The molecule has 1 aliphatic carbocycles. The molecule has 1 aliphatic rings. The van der Waals surface area contributed by atoms with Crippen molar-refractivity contribution in [3.8, 4) is 5.75 Å². The molecule has 1 heterocycles. The van der Waals surface area contributed by atoms with Crippen LogP contribution in [0.25, 0.3) is 0 Å². The van der Waals surface area contributed by atoms with Gasteiger partial charge in [-0.25, -0.2) is 4.79 Å². The number of ether oxygens (including phenoxy) is 2. The molecule has 0 saturated carbocycles. The van der Waals surface area contributed by atoms with E-state index in [9.17, 15) is 9.59 Å². The maximum Gasteiger partial charge on any atom is 0.341 e. The molecule has 0 unspecified atom stereocenters. The minimum absolute atomic E-state index is 0.143. The fourth-order valence-corrected chi connectivity index (χ4v) is 4.68.